The minimum atomic E-state index is -0.837. The lowest BCUT2D eigenvalue weighted by molar-refractivity contribution is -0.134. The lowest BCUT2D eigenvalue weighted by atomic mass is 10.1. The van der Waals surface area contributed by atoms with E-state index >= 15 is 0 Å². The summed E-state index contributed by atoms with van der Waals surface area (Å²) in [5.41, 5.74) is -0.837. The van der Waals surface area contributed by atoms with Gasteiger partial charge in [-0.3, -0.25) is 4.79 Å². The van der Waals surface area contributed by atoms with Crippen molar-refractivity contribution in [1.29, 1.82) is 0 Å². The fourth-order valence-corrected chi connectivity index (χ4v) is 1.83. The third kappa shape index (κ3) is 5.31. The van der Waals surface area contributed by atoms with Gasteiger partial charge in [-0.1, -0.05) is 0 Å². The Hall–Kier alpha value is -1.36. The van der Waals surface area contributed by atoms with Gasteiger partial charge < -0.3 is 14.6 Å². The molecule has 0 aliphatic rings. The number of hydrogen-bond acceptors (Lipinski definition) is 3. The zero-order valence-corrected chi connectivity index (χ0v) is 11.5. The first kappa shape index (κ1) is 14.7. The second-order valence-corrected chi connectivity index (χ2v) is 5.12. The van der Waals surface area contributed by atoms with Crippen LogP contribution in [0.1, 0.15) is 33.6 Å². The van der Waals surface area contributed by atoms with Gasteiger partial charge in [-0.2, -0.15) is 0 Å². The van der Waals surface area contributed by atoms with E-state index in [1.54, 1.807) is 31.3 Å². The van der Waals surface area contributed by atoms with E-state index in [0.29, 0.717) is 19.5 Å². The fraction of sp³-hybridized carbons (Fsp3) is 0.692. The Morgan fingerprint density at radius 2 is 2.22 bits per heavy atom. The molecule has 1 heterocycles. The number of aliphatic hydroxyl groups is 1. The number of hydrogen-bond donors (Lipinski definition) is 1. The average Bonchev–Trinajstić information content (AvgIpc) is 2.77. The van der Waals surface area contributed by atoms with Crippen LogP contribution in [0.5, 0.6) is 0 Å². The molecule has 102 valence electrons. The summed E-state index contributed by atoms with van der Waals surface area (Å²) in [5, 5.41) is 9.74. The second-order valence-electron chi connectivity index (χ2n) is 5.12. The van der Waals surface area contributed by atoms with Gasteiger partial charge in [0.1, 0.15) is 0 Å². The molecule has 0 bridgehead atoms. The summed E-state index contributed by atoms with van der Waals surface area (Å²) in [5.74, 6) is 0.0970. The standard InChI is InChI=1S/C13H23N3O2/c1-4-16(10-13(2,3)18)12(17)6-5-8-15-9-7-14-11-15/h7,9,11,18H,4-6,8,10H2,1-3H3. The van der Waals surface area contributed by atoms with Crippen molar-refractivity contribution >= 4 is 5.91 Å². The van der Waals surface area contributed by atoms with Crippen LogP contribution in [0.25, 0.3) is 0 Å². The van der Waals surface area contributed by atoms with Crippen LogP contribution in [0, 0.1) is 0 Å². The van der Waals surface area contributed by atoms with E-state index in [9.17, 15) is 9.90 Å². The summed E-state index contributed by atoms with van der Waals surface area (Å²) in [7, 11) is 0. The average molecular weight is 253 g/mol. The van der Waals surface area contributed by atoms with Crippen molar-refractivity contribution in [2.45, 2.75) is 45.8 Å². The maximum atomic E-state index is 12.0. The van der Waals surface area contributed by atoms with Gasteiger partial charge in [-0.05, 0) is 27.2 Å². The van der Waals surface area contributed by atoms with Crippen molar-refractivity contribution in [1.82, 2.24) is 14.5 Å². The number of aryl methyl sites for hydroxylation is 1. The van der Waals surface area contributed by atoms with Crippen molar-refractivity contribution in [3.05, 3.63) is 18.7 Å². The number of likely N-dealkylation sites (N-methyl/N-ethyl adjacent to an activating group) is 1. The molecule has 1 N–H and O–H groups in total. The summed E-state index contributed by atoms with van der Waals surface area (Å²) in [4.78, 5) is 17.6. The van der Waals surface area contributed by atoms with Crippen LogP contribution < -0.4 is 0 Å². The highest BCUT2D eigenvalue weighted by atomic mass is 16.3. The SMILES string of the molecule is CCN(CC(C)(C)O)C(=O)CCCn1ccnc1. The normalized spacial score (nSPS) is 11.6. The number of aromatic nitrogens is 2. The van der Waals surface area contributed by atoms with Gasteiger partial charge in [0.2, 0.25) is 5.91 Å². The van der Waals surface area contributed by atoms with Crippen molar-refractivity contribution in [3.8, 4) is 0 Å². The first-order chi connectivity index (χ1) is 8.42. The van der Waals surface area contributed by atoms with E-state index in [1.807, 2.05) is 17.7 Å². The Balaban J connectivity index is 2.33. The zero-order valence-electron chi connectivity index (χ0n) is 11.5. The summed E-state index contributed by atoms with van der Waals surface area (Å²) < 4.78 is 1.96. The molecular weight excluding hydrogens is 230 g/mol. The summed E-state index contributed by atoms with van der Waals surface area (Å²) in [6.45, 7) is 7.18. The van der Waals surface area contributed by atoms with Crippen LogP contribution in [0.3, 0.4) is 0 Å². The molecule has 1 amide bonds. The third-order valence-electron chi connectivity index (χ3n) is 2.68. The van der Waals surface area contributed by atoms with Crippen molar-refractivity contribution in [2.75, 3.05) is 13.1 Å². The van der Waals surface area contributed by atoms with Crippen LogP contribution >= 0.6 is 0 Å². The third-order valence-corrected chi connectivity index (χ3v) is 2.68. The molecule has 0 fully saturated rings. The molecule has 5 nitrogen and oxygen atoms in total. The predicted molar refractivity (Wildman–Crippen MR) is 70.0 cm³/mol. The number of rotatable bonds is 7. The Morgan fingerprint density at radius 3 is 2.72 bits per heavy atom. The van der Waals surface area contributed by atoms with Crippen molar-refractivity contribution in [2.24, 2.45) is 0 Å². The summed E-state index contributed by atoms with van der Waals surface area (Å²) in [6.07, 6.45) is 6.66. The van der Waals surface area contributed by atoms with Gasteiger partial charge in [-0.15, -0.1) is 0 Å². The van der Waals surface area contributed by atoms with Gasteiger partial charge >= 0.3 is 0 Å². The van der Waals surface area contributed by atoms with Crippen molar-refractivity contribution in [3.63, 3.8) is 0 Å². The van der Waals surface area contributed by atoms with E-state index in [0.717, 1.165) is 13.0 Å². The predicted octanol–water partition coefficient (Wildman–Crippen LogP) is 1.28. The van der Waals surface area contributed by atoms with Gasteiger partial charge in [-0.25, -0.2) is 4.98 Å². The largest absolute Gasteiger partial charge is 0.389 e. The first-order valence-corrected chi connectivity index (χ1v) is 6.38. The molecule has 0 unspecified atom stereocenters. The van der Waals surface area contributed by atoms with Gasteiger partial charge in [0.25, 0.3) is 0 Å². The van der Waals surface area contributed by atoms with Gasteiger partial charge in [0.15, 0.2) is 0 Å². The van der Waals surface area contributed by atoms with Crippen LogP contribution in [0.2, 0.25) is 0 Å². The number of carbonyl (C=O) groups excluding carboxylic acids is 1. The molecular formula is C13H23N3O2. The molecule has 5 heteroatoms. The Kier molecular flexibility index (Phi) is 5.34. The number of nitrogens with zero attached hydrogens (tertiary/aromatic N) is 3. The summed E-state index contributed by atoms with van der Waals surface area (Å²) in [6, 6.07) is 0. The topological polar surface area (TPSA) is 58.4 Å². The maximum Gasteiger partial charge on any atom is 0.222 e. The number of imidazole rings is 1. The minimum Gasteiger partial charge on any atom is -0.389 e. The molecule has 0 saturated carbocycles. The first-order valence-electron chi connectivity index (χ1n) is 6.38. The molecule has 0 saturated heterocycles. The quantitative estimate of drug-likeness (QED) is 0.796. The molecule has 18 heavy (non-hydrogen) atoms. The monoisotopic (exact) mass is 253 g/mol. The smallest absolute Gasteiger partial charge is 0.222 e. The highest BCUT2D eigenvalue weighted by Gasteiger charge is 2.20. The molecule has 0 spiro atoms. The summed E-state index contributed by atoms with van der Waals surface area (Å²) >= 11 is 0. The maximum absolute atomic E-state index is 12.0. The van der Waals surface area contributed by atoms with Crippen LogP contribution in [-0.4, -0.2) is 44.2 Å². The fourth-order valence-electron chi connectivity index (χ4n) is 1.83. The Morgan fingerprint density at radius 1 is 1.50 bits per heavy atom. The zero-order chi connectivity index (χ0) is 13.6. The van der Waals surface area contributed by atoms with Crippen LogP contribution in [0.15, 0.2) is 18.7 Å². The van der Waals surface area contributed by atoms with E-state index < -0.39 is 5.60 Å². The van der Waals surface area contributed by atoms with E-state index in [4.69, 9.17) is 0 Å². The molecule has 0 aromatic carbocycles. The van der Waals surface area contributed by atoms with Crippen molar-refractivity contribution < 1.29 is 9.90 Å². The number of carbonyl (C=O) groups is 1. The lowest BCUT2D eigenvalue weighted by Gasteiger charge is -2.28. The molecule has 0 aliphatic heterocycles. The van der Waals surface area contributed by atoms with Gasteiger partial charge in [0, 0.05) is 38.4 Å². The van der Waals surface area contributed by atoms with E-state index in [2.05, 4.69) is 4.98 Å². The Labute approximate surface area is 108 Å². The molecule has 0 aliphatic carbocycles. The highest BCUT2D eigenvalue weighted by molar-refractivity contribution is 5.76. The van der Waals surface area contributed by atoms with E-state index in [-0.39, 0.29) is 5.91 Å². The minimum absolute atomic E-state index is 0.0970. The molecule has 0 radical (unpaired) electrons. The number of amides is 1. The highest BCUT2D eigenvalue weighted by Crippen LogP contribution is 2.07. The molecule has 0 atom stereocenters. The Bertz CT molecular complexity index is 355. The van der Waals surface area contributed by atoms with Gasteiger partial charge in [0.05, 0.1) is 11.9 Å². The van der Waals surface area contributed by atoms with Crippen LogP contribution in [0.4, 0.5) is 0 Å². The molecule has 1 aromatic heterocycles. The second kappa shape index (κ2) is 6.54. The van der Waals surface area contributed by atoms with E-state index in [1.165, 1.54) is 0 Å². The molecule has 1 aromatic rings. The molecule has 1 rings (SSSR count). The van der Waals surface area contributed by atoms with Crippen LogP contribution in [-0.2, 0) is 11.3 Å². The lowest BCUT2D eigenvalue weighted by Crippen LogP contribution is -2.42.